The van der Waals surface area contributed by atoms with Gasteiger partial charge in [0.1, 0.15) is 19.3 Å². The Morgan fingerprint density at radius 3 is 2.14 bits per heavy atom. The molecule has 0 saturated heterocycles. The molecule has 0 saturated carbocycles. The largest absolute Gasteiger partial charge is 0.481 e. The maximum atomic E-state index is 13.0. The van der Waals surface area contributed by atoms with Gasteiger partial charge in [0.05, 0.1) is 18.4 Å². The Hall–Kier alpha value is -3.44. The first-order chi connectivity index (χ1) is 17.2. The molecule has 36 heavy (non-hydrogen) atoms. The second-order valence-corrected chi connectivity index (χ2v) is 8.26. The van der Waals surface area contributed by atoms with Gasteiger partial charge in [0.2, 0.25) is 5.91 Å². The Bertz CT molecular complexity index is 827. The van der Waals surface area contributed by atoms with E-state index in [9.17, 15) is 24.0 Å². The van der Waals surface area contributed by atoms with Crippen molar-refractivity contribution in [3.05, 3.63) is 18.2 Å². The molecule has 202 valence electrons. The summed E-state index contributed by atoms with van der Waals surface area (Å²) in [7, 11) is 0. The molecule has 0 radical (unpaired) electrons. The number of rotatable bonds is 19. The van der Waals surface area contributed by atoms with Gasteiger partial charge in [0, 0.05) is 31.9 Å². The van der Waals surface area contributed by atoms with Crippen LogP contribution in [0.3, 0.4) is 0 Å². The van der Waals surface area contributed by atoms with Crippen LogP contribution in [0, 0.1) is 0 Å². The summed E-state index contributed by atoms with van der Waals surface area (Å²) in [5.74, 6) is -3.60. The number of aromatic nitrogens is 2. The third-order valence-electron chi connectivity index (χ3n) is 5.02. The average Bonchev–Trinajstić information content (AvgIpc) is 3.35. The zero-order valence-electron chi connectivity index (χ0n) is 21.0. The molecule has 1 amide bonds. The Balaban J connectivity index is 2.84. The number of esters is 3. The minimum atomic E-state index is -1.19. The fourth-order valence-corrected chi connectivity index (χ4v) is 3.01. The van der Waals surface area contributed by atoms with Crippen molar-refractivity contribution < 1.29 is 43.3 Å². The first kappa shape index (κ1) is 30.6. The molecule has 1 aromatic heterocycles. The van der Waals surface area contributed by atoms with Gasteiger partial charge in [-0.3, -0.25) is 19.2 Å². The van der Waals surface area contributed by atoms with E-state index >= 15 is 0 Å². The third-order valence-corrected chi connectivity index (χ3v) is 5.02. The van der Waals surface area contributed by atoms with Crippen LogP contribution < -0.4 is 5.32 Å². The number of nitrogens with one attached hydrogen (secondary N) is 2. The number of carboxylic acid groups (broad SMARTS) is 1. The molecule has 1 aromatic rings. The van der Waals surface area contributed by atoms with Crippen LogP contribution in [0.2, 0.25) is 0 Å². The first-order valence-electron chi connectivity index (χ1n) is 12.3. The number of amides is 1. The first-order valence-corrected chi connectivity index (χ1v) is 12.3. The molecule has 0 fully saturated rings. The van der Waals surface area contributed by atoms with Gasteiger partial charge in [-0.15, -0.1) is 0 Å². The highest BCUT2D eigenvalue weighted by atomic mass is 16.6. The predicted molar refractivity (Wildman–Crippen MR) is 127 cm³/mol. The maximum Gasteiger partial charge on any atom is 0.329 e. The lowest BCUT2D eigenvalue weighted by Gasteiger charge is -2.22. The minimum Gasteiger partial charge on any atom is -0.481 e. The van der Waals surface area contributed by atoms with Crippen molar-refractivity contribution >= 4 is 29.8 Å². The molecule has 3 N–H and O–H groups in total. The van der Waals surface area contributed by atoms with Crippen molar-refractivity contribution in [2.24, 2.45) is 0 Å². The summed E-state index contributed by atoms with van der Waals surface area (Å²) in [5, 5.41) is 11.3. The number of H-pyrrole nitrogens is 1. The molecule has 12 nitrogen and oxygen atoms in total. The predicted octanol–water partition coefficient (Wildman–Crippen LogP) is 2.07. The molecule has 0 aliphatic rings. The zero-order chi connectivity index (χ0) is 26.8. The molecule has 0 aromatic carbocycles. The van der Waals surface area contributed by atoms with E-state index in [1.807, 2.05) is 13.8 Å². The summed E-state index contributed by atoms with van der Waals surface area (Å²) in [6.07, 6.45) is 5.45. The van der Waals surface area contributed by atoms with E-state index < -0.39 is 48.4 Å². The normalized spacial score (nSPS) is 12.3. The SMILES string of the molecule is CCCCCC(=O)OCC(COC(=O)CCCC)OC(=O)C(Cc1c[nH]cn1)NC(=O)CCC(=O)O. The molecular weight excluding hydrogens is 474 g/mol. The van der Waals surface area contributed by atoms with E-state index in [1.54, 1.807) is 0 Å². The number of imidazole rings is 1. The van der Waals surface area contributed by atoms with Gasteiger partial charge < -0.3 is 29.6 Å². The van der Waals surface area contributed by atoms with Crippen molar-refractivity contribution in [1.29, 1.82) is 0 Å². The van der Waals surface area contributed by atoms with Crippen molar-refractivity contribution in [3.8, 4) is 0 Å². The van der Waals surface area contributed by atoms with E-state index in [-0.39, 0.29) is 38.9 Å². The highest BCUT2D eigenvalue weighted by Crippen LogP contribution is 2.08. The number of aliphatic carboxylic acids is 1. The maximum absolute atomic E-state index is 13.0. The summed E-state index contributed by atoms with van der Waals surface area (Å²) in [5.41, 5.74) is 0.459. The lowest BCUT2D eigenvalue weighted by molar-refractivity contribution is -0.168. The molecule has 0 aliphatic heterocycles. The van der Waals surface area contributed by atoms with Gasteiger partial charge in [0.25, 0.3) is 0 Å². The van der Waals surface area contributed by atoms with E-state index in [1.165, 1.54) is 12.5 Å². The molecular formula is C24H37N3O9. The van der Waals surface area contributed by atoms with Crippen LogP contribution in [-0.2, 0) is 44.6 Å². The van der Waals surface area contributed by atoms with Crippen LogP contribution in [0.5, 0.6) is 0 Å². The number of ether oxygens (including phenoxy) is 3. The van der Waals surface area contributed by atoms with Crippen LogP contribution in [-0.4, -0.2) is 70.2 Å². The highest BCUT2D eigenvalue weighted by Gasteiger charge is 2.28. The van der Waals surface area contributed by atoms with Gasteiger partial charge in [0.15, 0.2) is 6.10 Å². The lowest BCUT2D eigenvalue weighted by Crippen LogP contribution is -2.45. The topological polar surface area (TPSA) is 174 Å². The second kappa shape index (κ2) is 17.9. The zero-order valence-corrected chi connectivity index (χ0v) is 21.0. The molecule has 12 heteroatoms. The summed E-state index contributed by atoms with van der Waals surface area (Å²) in [6.45, 7) is 3.30. The Labute approximate surface area is 210 Å². The average molecular weight is 512 g/mol. The van der Waals surface area contributed by atoms with Crippen LogP contribution in [0.25, 0.3) is 0 Å². The van der Waals surface area contributed by atoms with Gasteiger partial charge in [-0.05, 0) is 12.8 Å². The fraction of sp³-hybridized carbons (Fsp3) is 0.667. The monoisotopic (exact) mass is 511 g/mol. The number of carboxylic acids is 1. The van der Waals surface area contributed by atoms with Crippen molar-refractivity contribution in [1.82, 2.24) is 15.3 Å². The molecule has 2 atom stereocenters. The second-order valence-electron chi connectivity index (χ2n) is 8.26. The minimum absolute atomic E-state index is 0.0268. The lowest BCUT2D eigenvalue weighted by atomic mass is 10.1. The molecule has 0 bridgehead atoms. The number of nitrogens with zero attached hydrogens (tertiary/aromatic N) is 1. The van der Waals surface area contributed by atoms with Crippen molar-refractivity contribution in [3.63, 3.8) is 0 Å². The fourth-order valence-electron chi connectivity index (χ4n) is 3.01. The van der Waals surface area contributed by atoms with Crippen LogP contribution >= 0.6 is 0 Å². The van der Waals surface area contributed by atoms with Crippen LogP contribution in [0.15, 0.2) is 12.5 Å². The Kier molecular flexibility index (Phi) is 15.2. The van der Waals surface area contributed by atoms with E-state index in [0.29, 0.717) is 18.5 Å². The van der Waals surface area contributed by atoms with Gasteiger partial charge in [-0.1, -0.05) is 33.1 Å². The highest BCUT2D eigenvalue weighted by molar-refractivity contribution is 5.86. The molecule has 0 aliphatic carbocycles. The summed E-state index contributed by atoms with van der Waals surface area (Å²) < 4.78 is 15.9. The van der Waals surface area contributed by atoms with Gasteiger partial charge in [-0.25, -0.2) is 9.78 Å². The Morgan fingerprint density at radius 2 is 1.58 bits per heavy atom. The number of carbonyl (C=O) groups is 5. The van der Waals surface area contributed by atoms with Gasteiger partial charge >= 0.3 is 23.9 Å². The number of hydrogen-bond acceptors (Lipinski definition) is 9. The number of aromatic amines is 1. The van der Waals surface area contributed by atoms with Crippen molar-refractivity contribution in [2.45, 2.75) is 90.2 Å². The van der Waals surface area contributed by atoms with E-state index in [0.717, 1.165) is 19.3 Å². The molecule has 2 unspecified atom stereocenters. The van der Waals surface area contributed by atoms with Crippen LogP contribution in [0.1, 0.15) is 77.3 Å². The van der Waals surface area contributed by atoms with E-state index in [2.05, 4.69) is 15.3 Å². The number of carbonyl (C=O) groups excluding carboxylic acids is 4. The third kappa shape index (κ3) is 14.1. The van der Waals surface area contributed by atoms with Crippen LogP contribution in [0.4, 0.5) is 0 Å². The molecule has 0 spiro atoms. The molecule has 1 heterocycles. The standard InChI is InChI=1S/C24H37N3O9/c1-3-5-7-9-23(32)35-15-18(14-34-22(31)8-6-4-2)36-24(33)19(12-17-13-25-16-26-17)27-20(28)10-11-21(29)30/h13,16,18-19H,3-12,14-15H2,1-2H3,(H,25,26)(H,27,28)(H,29,30). The number of hydrogen-bond donors (Lipinski definition) is 3. The van der Waals surface area contributed by atoms with Crippen molar-refractivity contribution in [2.75, 3.05) is 13.2 Å². The van der Waals surface area contributed by atoms with E-state index in [4.69, 9.17) is 19.3 Å². The summed E-state index contributed by atoms with van der Waals surface area (Å²) in [4.78, 5) is 66.6. The van der Waals surface area contributed by atoms with Gasteiger partial charge in [-0.2, -0.15) is 0 Å². The Morgan fingerprint density at radius 1 is 0.944 bits per heavy atom. The quantitative estimate of drug-likeness (QED) is 0.142. The summed E-state index contributed by atoms with van der Waals surface area (Å²) >= 11 is 0. The molecule has 1 rings (SSSR count). The number of unbranched alkanes of at least 4 members (excludes halogenated alkanes) is 3. The summed E-state index contributed by atoms with van der Waals surface area (Å²) in [6, 6.07) is -1.19. The smallest absolute Gasteiger partial charge is 0.329 e.